The van der Waals surface area contributed by atoms with Crippen molar-refractivity contribution in [3.05, 3.63) is 83.2 Å². The first-order valence-corrected chi connectivity index (χ1v) is 10.7. The molecule has 2 aromatic carbocycles. The number of hydrogen-bond acceptors (Lipinski definition) is 4. The van der Waals surface area contributed by atoms with Gasteiger partial charge in [-0.15, -0.1) is 0 Å². The van der Waals surface area contributed by atoms with Crippen molar-refractivity contribution < 1.29 is 14.3 Å². The van der Waals surface area contributed by atoms with Crippen LogP contribution in [-0.2, 0) is 6.42 Å². The lowest BCUT2D eigenvalue weighted by atomic mass is 9.86. The highest BCUT2D eigenvalue weighted by Crippen LogP contribution is 2.39. The van der Waals surface area contributed by atoms with Crippen molar-refractivity contribution in [2.24, 2.45) is 5.92 Å². The van der Waals surface area contributed by atoms with E-state index in [9.17, 15) is 9.59 Å². The van der Waals surface area contributed by atoms with Crippen LogP contribution in [0.4, 0.5) is 4.79 Å². The monoisotopic (exact) mass is 412 g/mol. The lowest BCUT2D eigenvalue weighted by Gasteiger charge is -2.31. The van der Waals surface area contributed by atoms with Gasteiger partial charge in [0.05, 0.1) is 5.69 Å². The van der Waals surface area contributed by atoms with Gasteiger partial charge in [-0.3, -0.25) is 9.78 Å². The van der Waals surface area contributed by atoms with Crippen LogP contribution in [-0.4, -0.2) is 34.8 Å². The smallest absolute Gasteiger partial charge is 0.408 e. The molecule has 1 fully saturated rings. The summed E-state index contributed by atoms with van der Waals surface area (Å²) < 4.78 is 5.50. The Morgan fingerprint density at radius 1 is 0.968 bits per heavy atom. The molecule has 1 saturated heterocycles. The molecule has 3 aromatic rings. The number of aromatic nitrogens is 1. The molecular weight excluding hydrogens is 388 g/mol. The molecule has 5 nitrogen and oxygen atoms in total. The van der Waals surface area contributed by atoms with E-state index in [1.165, 1.54) is 16.7 Å². The van der Waals surface area contributed by atoms with E-state index < -0.39 is 0 Å². The molecule has 2 heterocycles. The van der Waals surface area contributed by atoms with E-state index >= 15 is 0 Å². The molecule has 2 aliphatic rings. The van der Waals surface area contributed by atoms with E-state index in [2.05, 4.69) is 23.2 Å². The third-order valence-electron chi connectivity index (χ3n) is 6.40. The van der Waals surface area contributed by atoms with Gasteiger partial charge in [0.2, 0.25) is 0 Å². The van der Waals surface area contributed by atoms with Crippen molar-refractivity contribution in [3.8, 4) is 16.9 Å². The van der Waals surface area contributed by atoms with Crippen LogP contribution in [0, 0.1) is 12.8 Å². The number of rotatable bonds is 3. The van der Waals surface area contributed by atoms with Crippen LogP contribution < -0.4 is 4.74 Å². The first-order chi connectivity index (χ1) is 15.1. The number of piperidine rings is 1. The molecule has 0 unspecified atom stereocenters. The number of Topliss-reactive ketones (excluding diaryl/α,β-unsaturated/α-hetero) is 1. The average molecular weight is 412 g/mol. The molecule has 0 atom stereocenters. The van der Waals surface area contributed by atoms with Crippen LogP contribution in [0.5, 0.6) is 5.75 Å². The molecule has 1 aliphatic carbocycles. The highest BCUT2D eigenvalue weighted by atomic mass is 16.6. The van der Waals surface area contributed by atoms with Crippen molar-refractivity contribution in [2.75, 3.05) is 13.1 Å². The lowest BCUT2D eigenvalue weighted by Crippen LogP contribution is -2.41. The van der Waals surface area contributed by atoms with E-state index in [1.807, 2.05) is 31.2 Å². The van der Waals surface area contributed by atoms with Gasteiger partial charge in [0, 0.05) is 30.8 Å². The fourth-order valence-electron chi connectivity index (χ4n) is 4.67. The van der Waals surface area contributed by atoms with Crippen molar-refractivity contribution in [1.82, 2.24) is 9.88 Å². The Labute approximate surface area is 181 Å². The molecule has 5 heteroatoms. The van der Waals surface area contributed by atoms with E-state index in [0.717, 1.165) is 17.5 Å². The summed E-state index contributed by atoms with van der Waals surface area (Å²) in [5.41, 5.74) is 6.34. The van der Waals surface area contributed by atoms with Crippen molar-refractivity contribution in [3.63, 3.8) is 0 Å². The molecule has 0 N–H and O–H groups in total. The van der Waals surface area contributed by atoms with Crippen LogP contribution in [0.25, 0.3) is 11.1 Å². The van der Waals surface area contributed by atoms with E-state index in [-0.39, 0.29) is 17.8 Å². The lowest BCUT2D eigenvalue weighted by molar-refractivity contribution is 0.0828. The molecule has 0 bridgehead atoms. The minimum atomic E-state index is -0.377. The predicted molar refractivity (Wildman–Crippen MR) is 118 cm³/mol. The van der Waals surface area contributed by atoms with Gasteiger partial charge >= 0.3 is 6.09 Å². The Bertz CT molecular complexity index is 1160. The molecule has 1 aromatic heterocycles. The van der Waals surface area contributed by atoms with Gasteiger partial charge in [-0.25, -0.2) is 4.79 Å². The maximum absolute atomic E-state index is 13.4. The van der Waals surface area contributed by atoms with E-state index in [0.29, 0.717) is 37.4 Å². The number of likely N-dealkylation sites (tertiary alicyclic amines) is 1. The fraction of sp³-hybridized carbons (Fsp3) is 0.269. The SMILES string of the molecule is Cc1ncccc1OC(=O)N1CCC(C(=O)c2cccc3c2Cc2ccccc2-3)CC1. The first kappa shape index (κ1) is 19.5. The molecule has 0 radical (unpaired) electrons. The molecule has 1 amide bonds. The Morgan fingerprint density at radius 3 is 2.55 bits per heavy atom. The number of pyridine rings is 1. The van der Waals surface area contributed by atoms with Gasteiger partial charge in [0.15, 0.2) is 11.5 Å². The summed E-state index contributed by atoms with van der Waals surface area (Å²) in [6, 6.07) is 17.9. The standard InChI is InChI=1S/C26H24N2O3/c1-17-24(10-5-13-27-17)31-26(30)28-14-11-18(12-15-28)25(29)22-9-4-8-21-20-7-3-2-6-19(20)16-23(21)22/h2-10,13,18H,11-12,14-16H2,1H3. The Hall–Kier alpha value is -3.47. The zero-order chi connectivity index (χ0) is 21.4. The zero-order valence-electron chi connectivity index (χ0n) is 17.5. The van der Waals surface area contributed by atoms with Crippen LogP contribution in [0.3, 0.4) is 0 Å². The zero-order valence-corrected chi connectivity index (χ0v) is 17.5. The summed E-state index contributed by atoms with van der Waals surface area (Å²) >= 11 is 0. The number of carbonyl (C=O) groups excluding carboxylic acids is 2. The number of carbonyl (C=O) groups is 2. The van der Waals surface area contributed by atoms with Gasteiger partial charge in [-0.1, -0.05) is 42.5 Å². The maximum Gasteiger partial charge on any atom is 0.415 e. The quantitative estimate of drug-likeness (QED) is 0.442. The summed E-state index contributed by atoms with van der Waals surface area (Å²) in [6.45, 7) is 2.84. The molecule has 5 rings (SSSR count). The molecule has 156 valence electrons. The minimum absolute atomic E-state index is 0.0700. The van der Waals surface area contributed by atoms with E-state index in [1.54, 1.807) is 23.2 Å². The van der Waals surface area contributed by atoms with Gasteiger partial charge in [0.1, 0.15) is 0 Å². The number of amides is 1. The van der Waals surface area contributed by atoms with Gasteiger partial charge < -0.3 is 9.64 Å². The molecule has 1 aliphatic heterocycles. The van der Waals surface area contributed by atoms with Crippen LogP contribution >= 0.6 is 0 Å². The number of benzene rings is 2. The fourth-order valence-corrected chi connectivity index (χ4v) is 4.67. The van der Waals surface area contributed by atoms with Crippen LogP contribution in [0.1, 0.15) is 40.0 Å². The summed E-state index contributed by atoms with van der Waals surface area (Å²) in [5.74, 6) is 0.602. The van der Waals surface area contributed by atoms with Crippen LogP contribution in [0.2, 0.25) is 0 Å². The molecule has 31 heavy (non-hydrogen) atoms. The second-order valence-corrected chi connectivity index (χ2v) is 8.25. The number of ether oxygens (including phenoxy) is 1. The summed E-state index contributed by atoms with van der Waals surface area (Å²) in [6.07, 6.45) is 3.40. The number of ketones is 1. The van der Waals surface area contributed by atoms with Crippen molar-refractivity contribution >= 4 is 11.9 Å². The normalized spacial score (nSPS) is 15.3. The predicted octanol–water partition coefficient (Wildman–Crippen LogP) is 5.05. The van der Waals surface area contributed by atoms with Gasteiger partial charge in [0.25, 0.3) is 0 Å². The highest BCUT2D eigenvalue weighted by Gasteiger charge is 2.31. The molecule has 0 spiro atoms. The Kier molecular flexibility index (Phi) is 5.02. The van der Waals surface area contributed by atoms with Crippen LogP contribution in [0.15, 0.2) is 60.8 Å². The third-order valence-corrected chi connectivity index (χ3v) is 6.40. The third kappa shape index (κ3) is 3.61. The molecule has 0 saturated carbocycles. The first-order valence-electron chi connectivity index (χ1n) is 10.7. The topological polar surface area (TPSA) is 59.5 Å². The number of aryl methyl sites for hydroxylation is 1. The summed E-state index contributed by atoms with van der Waals surface area (Å²) in [4.78, 5) is 31.7. The van der Waals surface area contributed by atoms with Crippen molar-refractivity contribution in [2.45, 2.75) is 26.2 Å². The molecular formula is C26H24N2O3. The highest BCUT2D eigenvalue weighted by molar-refractivity contribution is 6.02. The largest absolute Gasteiger partial charge is 0.415 e. The van der Waals surface area contributed by atoms with Gasteiger partial charge in [-0.2, -0.15) is 0 Å². The van der Waals surface area contributed by atoms with Gasteiger partial charge in [-0.05, 0) is 60.6 Å². The van der Waals surface area contributed by atoms with E-state index in [4.69, 9.17) is 4.74 Å². The average Bonchev–Trinajstić information content (AvgIpc) is 3.19. The maximum atomic E-state index is 13.4. The second kappa shape index (κ2) is 7.99. The van der Waals surface area contributed by atoms with Crippen molar-refractivity contribution in [1.29, 1.82) is 0 Å². The number of hydrogen-bond donors (Lipinski definition) is 0. The number of fused-ring (bicyclic) bond motifs is 3. The second-order valence-electron chi connectivity index (χ2n) is 8.25. The summed E-state index contributed by atoms with van der Waals surface area (Å²) in [7, 11) is 0. The minimum Gasteiger partial charge on any atom is -0.408 e. The Morgan fingerprint density at radius 2 is 1.74 bits per heavy atom. The summed E-state index contributed by atoms with van der Waals surface area (Å²) in [5, 5.41) is 0. The number of nitrogens with zero attached hydrogens (tertiary/aromatic N) is 2. The Balaban J connectivity index is 1.26.